The topological polar surface area (TPSA) is 92.5 Å². The molecular weight excluding hydrogens is 412 g/mol. The smallest absolute Gasteiger partial charge is 0.295 e. The standard InChI is InChI=1S/C24H28N2O6/c1-2-12-31-18-6-3-5-17(16-18)22(27)20-21(19-7-4-13-32-19)26(24(29)23(20)28)9-8-25-10-14-30-15-11-25/h3-7,13,16,21,27H,2,8-12,14-15H2,1H3/t21-/m0/s1. The van der Waals surface area contributed by atoms with Gasteiger partial charge in [0.15, 0.2) is 0 Å². The van der Waals surface area contributed by atoms with Crippen molar-refractivity contribution in [3.8, 4) is 5.75 Å². The quantitative estimate of drug-likeness (QED) is 0.383. The maximum Gasteiger partial charge on any atom is 0.295 e. The van der Waals surface area contributed by atoms with Gasteiger partial charge in [-0.2, -0.15) is 0 Å². The van der Waals surface area contributed by atoms with Crippen molar-refractivity contribution in [1.82, 2.24) is 9.80 Å². The van der Waals surface area contributed by atoms with Crippen LogP contribution in [0.5, 0.6) is 5.75 Å². The molecule has 1 amide bonds. The van der Waals surface area contributed by atoms with E-state index in [9.17, 15) is 14.7 Å². The Morgan fingerprint density at radius 2 is 1.97 bits per heavy atom. The molecule has 0 radical (unpaired) electrons. The van der Waals surface area contributed by atoms with E-state index in [2.05, 4.69) is 4.90 Å². The van der Waals surface area contributed by atoms with Crippen LogP contribution in [0.3, 0.4) is 0 Å². The summed E-state index contributed by atoms with van der Waals surface area (Å²) in [5, 5.41) is 11.1. The van der Waals surface area contributed by atoms with E-state index in [0.717, 1.165) is 19.5 Å². The van der Waals surface area contributed by atoms with Gasteiger partial charge in [0.2, 0.25) is 0 Å². The number of hydrogen-bond acceptors (Lipinski definition) is 7. The van der Waals surface area contributed by atoms with Gasteiger partial charge in [0.25, 0.3) is 11.7 Å². The van der Waals surface area contributed by atoms with Gasteiger partial charge in [-0.3, -0.25) is 14.5 Å². The minimum absolute atomic E-state index is 0.0274. The molecule has 8 heteroatoms. The highest BCUT2D eigenvalue weighted by Gasteiger charge is 2.47. The van der Waals surface area contributed by atoms with Crippen LogP contribution < -0.4 is 4.74 Å². The highest BCUT2D eigenvalue weighted by atomic mass is 16.5. The Bertz CT molecular complexity index is 978. The average molecular weight is 440 g/mol. The number of furan rings is 1. The lowest BCUT2D eigenvalue weighted by molar-refractivity contribution is -0.140. The fourth-order valence-corrected chi connectivity index (χ4v) is 4.04. The molecule has 0 aliphatic carbocycles. The number of morpholine rings is 1. The van der Waals surface area contributed by atoms with Crippen molar-refractivity contribution < 1.29 is 28.6 Å². The van der Waals surface area contributed by atoms with Gasteiger partial charge in [-0.15, -0.1) is 0 Å². The second kappa shape index (κ2) is 10.0. The van der Waals surface area contributed by atoms with E-state index >= 15 is 0 Å². The van der Waals surface area contributed by atoms with Crippen LogP contribution in [0.2, 0.25) is 0 Å². The number of hydrogen-bond donors (Lipinski definition) is 1. The summed E-state index contributed by atoms with van der Waals surface area (Å²) in [4.78, 5) is 29.7. The van der Waals surface area contributed by atoms with Crippen LogP contribution in [0.1, 0.15) is 30.7 Å². The summed E-state index contributed by atoms with van der Waals surface area (Å²) in [5.41, 5.74) is 0.445. The highest BCUT2D eigenvalue weighted by molar-refractivity contribution is 6.46. The maximum absolute atomic E-state index is 13.0. The molecule has 2 aliphatic rings. The number of benzene rings is 1. The van der Waals surface area contributed by atoms with E-state index in [1.165, 1.54) is 11.2 Å². The molecule has 0 spiro atoms. The largest absolute Gasteiger partial charge is 0.507 e. The zero-order valence-electron chi connectivity index (χ0n) is 18.2. The molecule has 0 unspecified atom stereocenters. The van der Waals surface area contributed by atoms with Crippen molar-refractivity contribution in [2.24, 2.45) is 0 Å². The number of aliphatic hydroxyl groups is 1. The van der Waals surface area contributed by atoms with E-state index in [4.69, 9.17) is 13.9 Å². The van der Waals surface area contributed by atoms with E-state index in [1.54, 1.807) is 36.4 Å². The predicted molar refractivity (Wildman–Crippen MR) is 117 cm³/mol. The van der Waals surface area contributed by atoms with Crippen LogP contribution in [0.25, 0.3) is 5.76 Å². The number of ketones is 1. The molecule has 4 rings (SSSR count). The number of carbonyl (C=O) groups is 2. The van der Waals surface area contributed by atoms with Gasteiger partial charge >= 0.3 is 0 Å². The third kappa shape index (κ3) is 4.56. The van der Waals surface area contributed by atoms with E-state index in [-0.39, 0.29) is 11.3 Å². The maximum atomic E-state index is 13.0. The summed E-state index contributed by atoms with van der Waals surface area (Å²) in [6, 6.07) is 9.53. The van der Waals surface area contributed by atoms with E-state index < -0.39 is 17.7 Å². The molecule has 1 atom stereocenters. The lowest BCUT2D eigenvalue weighted by Crippen LogP contribution is -2.42. The first-order valence-corrected chi connectivity index (χ1v) is 10.9. The first kappa shape index (κ1) is 22.1. The molecule has 32 heavy (non-hydrogen) atoms. The molecule has 2 aromatic rings. The highest BCUT2D eigenvalue weighted by Crippen LogP contribution is 2.39. The Hall–Kier alpha value is -3.10. The number of likely N-dealkylation sites (tertiary alicyclic amines) is 1. The molecule has 2 saturated heterocycles. The Kier molecular flexibility index (Phi) is 6.92. The molecule has 2 aliphatic heterocycles. The van der Waals surface area contributed by atoms with Crippen molar-refractivity contribution in [1.29, 1.82) is 0 Å². The Labute approximate surface area is 187 Å². The number of aliphatic hydroxyl groups excluding tert-OH is 1. The molecule has 8 nitrogen and oxygen atoms in total. The van der Waals surface area contributed by atoms with Crippen LogP contribution >= 0.6 is 0 Å². The Morgan fingerprint density at radius 3 is 2.69 bits per heavy atom. The molecule has 1 aromatic carbocycles. The molecule has 2 fully saturated rings. The molecule has 3 heterocycles. The monoisotopic (exact) mass is 440 g/mol. The number of carbonyl (C=O) groups excluding carboxylic acids is 2. The summed E-state index contributed by atoms with van der Waals surface area (Å²) in [6.45, 7) is 6.35. The zero-order valence-corrected chi connectivity index (χ0v) is 18.2. The van der Waals surface area contributed by atoms with Crippen molar-refractivity contribution in [2.75, 3.05) is 46.0 Å². The normalized spacial score (nSPS) is 21.3. The first-order chi connectivity index (χ1) is 15.6. The van der Waals surface area contributed by atoms with Gasteiger partial charge in [-0.25, -0.2) is 0 Å². The van der Waals surface area contributed by atoms with Crippen LogP contribution in [0.15, 0.2) is 52.7 Å². The number of rotatable bonds is 8. The van der Waals surface area contributed by atoms with Crippen LogP contribution in [-0.4, -0.2) is 72.6 Å². The fourth-order valence-electron chi connectivity index (χ4n) is 4.04. The van der Waals surface area contributed by atoms with E-state index in [1.807, 2.05) is 6.92 Å². The summed E-state index contributed by atoms with van der Waals surface area (Å²) in [5.74, 6) is -0.566. The van der Waals surface area contributed by atoms with Gasteiger partial charge in [0.1, 0.15) is 23.3 Å². The van der Waals surface area contributed by atoms with Gasteiger partial charge in [0.05, 0.1) is 31.7 Å². The van der Waals surface area contributed by atoms with Gasteiger partial charge in [-0.1, -0.05) is 19.1 Å². The van der Waals surface area contributed by atoms with Gasteiger partial charge in [-0.05, 0) is 30.7 Å². The molecule has 0 bridgehead atoms. The third-order valence-electron chi connectivity index (χ3n) is 5.69. The minimum Gasteiger partial charge on any atom is -0.507 e. The number of Topliss-reactive ketones (excluding diaryl/α,β-unsaturated/α-hetero) is 1. The zero-order chi connectivity index (χ0) is 22.5. The second-order valence-corrected chi connectivity index (χ2v) is 7.84. The molecule has 1 aromatic heterocycles. The van der Waals surface area contributed by atoms with Crippen LogP contribution in [0, 0.1) is 0 Å². The second-order valence-electron chi connectivity index (χ2n) is 7.84. The molecular formula is C24H28N2O6. The minimum atomic E-state index is -0.786. The molecule has 170 valence electrons. The SMILES string of the molecule is CCCOc1cccc(C(O)=C2C(=O)C(=O)N(CCN3CCOCC3)[C@H]2c2ccco2)c1. The summed E-state index contributed by atoms with van der Waals surface area (Å²) < 4.78 is 16.6. The lowest BCUT2D eigenvalue weighted by atomic mass is 9.99. The summed E-state index contributed by atoms with van der Waals surface area (Å²) in [7, 11) is 0. The van der Waals surface area contributed by atoms with Crippen molar-refractivity contribution in [2.45, 2.75) is 19.4 Å². The van der Waals surface area contributed by atoms with Crippen LogP contribution in [-0.2, 0) is 14.3 Å². The molecule has 0 saturated carbocycles. The van der Waals surface area contributed by atoms with Crippen LogP contribution in [0.4, 0.5) is 0 Å². The number of nitrogens with zero attached hydrogens (tertiary/aromatic N) is 2. The average Bonchev–Trinajstić information content (AvgIpc) is 3.44. The van der Waals surface area contributed by atoms with E-state index in [0.29, 0.717) is 50.0 Å². The molecule has 1 N–H and O–H groups in total. The van der Waals surface area contributed by atoms with Crippen molar-refractivity contribution in [3.05, 3.63) is 59.6 Å². The number of amides is 1. The van der Waals surface area contributed by atoms with Gasteiger partial charge in [0, 0.05) is 31.7 Å². The number of ether oxygens (including phenoxy) is 2. The lowest BCUT2D eigenvalue weighted by Gasteiger charge is -2.30. The predicted octanol–water partition coefficient (Wildman–Crippen LogP) is 2.82. The van der Waals surface area contributed by atoms with Crippen molar-refractivity contribution in [3.63, 3.8) is 0 Å². The first-order valence-electron chi connectivity index (χ1n) is 10.9. The summed E-state index contributed by atoms with van der Waals surface area (Å²) in [6.07, 6.45) is 2.35. The third-order valence-corrected chi connectivity index (χ3v) is 5.69. The van der Waals surface area contributed by atoms with Crippen molar-refractivity contribution >= 4 is 17.4 Å². The fraction of sp³-hybridized carbons (Fsp3) is 0.417. The Balaban J connectivity index is 1.66. The summed E-state index contributed by atoms with van der Waals surface area (Å²) >= 11 is 0. The Morgan fingerprint density at radius 1 is 1.16 bits per heavy atom. The van der Waals surface area contributed by atoms with Gasteiger partial charge < -0.3 is 23.9 Å².